The number of benzene rings is 3. The van der Waals surface area contributed by atoms with E-state index in [1.807, 2.05) is 24.3 Å². The first kappa shape index (κ1) is 19.2. The first-order valence-electron chi connectivity index (χ1n) is 8.89. The molecule has 3 aromatic carbocycles. The summed E-state index contributed by atoms with van der Waals surface area (Å²) >= 11 is 0. The Labute approximate surface area is 163 Å². The number of ether oxygens (including phenoxy) is 2. The third kappa shape index (κ3) is 5.20. The van der Waals surface area contributed by atoms with Crippen molar-refractivity contribution in [2.24, 2.45) is 0 Å². The van der Waals surface area contributed by atoms with E-state index in [1.165, 1.54) is 0 Å². The van der Waals surface area contributed by atoms with Gasteiger partial charge in [-0.1, -0.05) is 60.7 Å². The summed E-state index contributed by atoms with van der Waals surface area (Å²) in [6, 6.07) is 25.2. The van der Waals surface area contributed by atoms with Gasteiger partial charge in [-0.25, -0.2) is 0 Å². The lowest BCUT2D eigenvalue weighted by Crippen LogP contribution is -2.26. The van der Waals surface area contributed by atoms with E-state index in [9.17, 15) is 9.59 Å². The molecule has 1 N–H and O–H groups in total. The minimum atomic E-state index is -1.04. The Morgan fingerprint density at radius 1 is 0.857 bits per heavy atom. The number of anilines is 1. The molecule has 28 heavy (non-hydrogen) atoms. The fourth-order valence-electron chi connectivity index (χ4n) is 2.71. The highest BCUT2D eigenvalue weighted by Gasteiger charge is 2.25. The largest absolute Gasteiger partial charge is 0.497 e. The summed E-state index contributed by atoms with van der Waals surface area (Å²) in [6.45, 7) is 0. The number of amides is 1. The normalized spacial score (nSPS) is 11.3. The molecule has 1 amide bonds. The van der Waals surface area contributed by atoms with Crippen molar-refractivity contribution >= 4 is 17.6 Å². The van der Waals surface area contributed by atoms with Crippen LogP contribution in [-0.4, -0.2) is 19.0 Å². The number of para-hydroxylation sites is 1. The van der Waals surface area contributed by atoms with Crippen LogP contribution < -0.4 is 10.1 Å². The Bertz CT molecular complexity index is 908. The molecule has 3 aromatic rings. The first-order valence-corrected chi connectivity index (χ1v) is 8.89. The summed E-state index contributed by atoms with van der Waals surface area (Å²) < 4.78 is 10.7. The minimum Gasteiger partial charge on any atom is -0.497 e. The topological polar surface area (TPSA) is 64.6 Å². The molecule has 1 unspecified atom stereocenters. The molecule has 3 rings (SSSR count). The maximum absolute atomic E-state index is 12.8. The highest BCUT2D eigenvalue weighted by atomic mass is 16.5. The predicted octanol–water partition coefficient (Wildman–Crippen LogP) is 4.16. The molecule has 0 radical (unpaired) electrons. The minimum absolute atomic E-state index is 0.0615. The molecule has 0 aromatic heterocycles. The molecule has 0 aliphatic carbocycles. The van der Waals surface area contributed by atoms with Crippen LogP contribution in [0.2, 0.25) is 0 Å². The van der Waals surface area contributed by atoms with Gasteiger partial charge >= 0.3 is 5.97 Å². The lowest BCUT2D eigenvalue weighted by atomic mass is 10.1. The smallest absolute Gasteiger partial charge is 0.311 e. The molecule has 0 bridgehead atoms. The maximum Gasteiger partial charge on any atom is 0.311 e. The standard InChI is InChI=1S/C23H21NO4/c1-27-20-14-12-17(13-15-20)16-21(25)28-22(18-8-4-2-5-9-18)23(26)24-19-10-6-3-7-11-19/h2-15,22H,16H2,1H3,(H,24,26). The number of hydrogen-bond donors (Lipinski definition) is 1. The summed E-state index contributed by atoms with van der Waals surface area (Å²) in [6.07, 6.45) is -0.974. The Morgan fingerprint density at radius 3 is 2.07 bits per heavy atom. The van der Waals surface area contributed by atoms with Crippen LogP contribution in [-0.2, 0) is 20.7 Å². The zero-order valence-corrected chi connectivity index (χ0v) is 15.5. The van der Waals surface area contributed by atoms with Crippen LogP contribution >= 0.6 is 0 Å². The number of carbonyl (C=O) groups is 2. The Kier molecular flexibility index (Phi) is 6.41. The van der Waals surface area contributed by atoms with Gasteiger partial charge in [-0.2, -0.15) is 0 Å². The summed E-state index contributed by atoms with van der Waals surface area (Å²) in [5.41, 5.74) is 2.03. The van der Waals surface area contributed by atoms with E-state index in [-0.39, 0.29) is 6.42 Å². The molecule has 0 heterocycles. The van der Waals surface area contributed by atoms with Crippen molar-refractivity contribution in [3.8, 4) is 5.75 Å². The van der Waals surface area contributed by atoms with Gasteiger partial charge in [0.05, 0.1) is 13.5 Å². The van der Waals surface area contributed by atoms with Gasteiger partial charge in [0.25, 0.3) is 5.91 Å². The Balaban J connectivity index is 1.73. The van der Waals surface area contributed by atoms with Crippen LogP contribution in [0, 0.1) is 0 Å². The molecular weight excluding hydrogens is 354 g/mol. The summed E-state index contributed by atoms with van der Waals surface area (Å²) in [7, 11) is 1.58. The second kappa shape index (κ2) is 9.37. The second-order valence-electron chi connectivity index (χ2n) is 6.16. The Morgan fingerprint density at radius 2 is 1.46 bits per heavy atom. The molecule has 0 saturated heterocycles. The monoisotopic (exact) mass is 375 g/mol. The molecule has 0 saturated carbocycles. The summed E-state index contributed by atoms with van der Waals surface area (Å²) in [5, 5.41) is 2.79. The van der Waals surface area contributed by atoms with Crippen molar-refractivity contribution in [2.45, 2.75) is 12.5 Å². The summed E-state index contributed by atoms with van der Waals surface area (Å²) in [4.78, 5) is 25.3. The van der Waals surface area contributed by atoms with Gasteiger partial charge in [0.15, 0.2) is 0 Å². The molecule has 0 aliphatic heterocycles. The lowest BCUT2D eigenvalue weighted by molar-refractivity contribution is -0.154. The maximum atomic E-state index is 12.8. The van der Waals surface area contributed by atoms with Crippen molar-refractivity contribution < 1.29 is 19.1 Å². The number of esters is 1. The quantitative estimate of drug-likeness (QED) is 0.630. The van der Waals surface area contributed by atoms with Crippen molar-refractivity contribution in [1.82, 2.24) is 0 Å². The van der Waals surface area contributed by atoms with Gasteiger partial charge in [-0.3, -0.25) is 9.59 Å². The van der Waals surface area contributed by atoms with Crippen molar-refractivity contribution in [3.05, 3.63) is 96.1 Å². The fourth-order valence-corrected chi connectivity index (χ4v) is 2.71. The summed E-state index contributed by atoms with van der Waals surface area (Å²) in [5.74, 6) is -0.177. The van der Waals surface area contributed by atoms with Crippen molar-refractivity contribution in [2.75, 3.05) is 12.4 Å². The number of hydrogen-bond acceptors (Lipinski definition) is 4. The lowest BCUT2D eigenvalue weighted by Gasteiger charge is -2.18. The van der Waals surface area contributed by atoms with E-state index in [0.717, 1.165) is 5.56 Å². The number of methoxy groups -OCH3 is 1. The third-order valence-electron chi connectivity index (χ3n) is 4.14. The van der Waals surface area contributed by atoms with Crippen LogP contribution in [0.5, 0.6) is 5.75 Å². The molecule has 0 spiro atoms. The molecule has 0 aliphatic rings. The molecule has 142 valence electrons. The average Bonchev–Trinajstić information content (AvgIpc) is 2.74. The zero-order valence-electron chi connectivity index (χ0n) is 15.5. The fraction of sp³-hybridized carbons (Fsp3) is 0.130. The van der Waals surface area contributed by atoms with E-state index < -0.39 is 18.0 Å². The predicted molar refractivity (Wildman–Crippen MR) is 107 cm³/mol. The van der Waals surface area contributed by atoms with Crippen LogP contribution in [0.1, 0.15) is 17.2 Å². The molecular formula is C23H21NO4. The number of rotatable bonds is 7. The van der Waals surface area contributed by atoms with Crippen LogP contribution in [0.4, 0.5) is 5.69 Å². The molecule has 0 fully saturated rings. The van der Waals surface area contributed by atoms with Gasteiger partial charge in [0.2, 0.25) is 6.10 Å². The van der Waals surface area contributed by atoms with Crippen molar-refractivity contribution in [3.63, 3.8) is 0 Å². The van der Waals surface area contributed by atoms with Gasteiger partial charge in [0, 0.05) is 11.3 Å². The van der Waals surface area contributed by atoms with Crippen molar-refractivity contribution in [1.29, 1.82) is 0 Å². The highest BCUT2D eigenvalue weighted by Crippen LogP contribution is 2.21. The number of nitrogens with one attached hydrogen (secondary N) is 1. The van der Waals surface area contributed by atoms with Crippen LogP contribution in [0.25, 0.3) is 0 Å². The molecule has 5 nitrogen and oxygen atoms in total. The highest BCUT2D eigenvalue weighted by molar-refractivity contribution is 5.96. The molecule has 5 heteroatoms. The van der Waals surface area contributed by atoms with E-state index in [4.69, 9.17) is 9.47 Å². The van der Waals surface area contributed by atoms with E-state index in [2.05, 4.69) is 5.32 Å². The Hall–Kier alpha value is -3.60. The van der Waals surface area contributed by atoms with E-state index in [0.29, 0.717) is 17.0 Å². The zero-order chi connectivity index (χ0) is 19.8. The van der Waals surface area contributed by atoms with E-state index >= 15 is 0 Å². The molecule has 1 atom stereocenters. The van der Waals surface area contributed by atoms with Gasteiger partial charge in [-0.05, 0) is 29.8 Å². The van der Waals surface area contributed by atoms with Gasteiger partial charge in [-0.15, -0.1) is 0 Å². The van der Waals surface area contributed by atoms with Gasteiger partial charge < -0.3 is 14.8 Å². The average molecular weight is 375 g/mol. The first-order chi connectivity index (χ1) is 13.7. The van der Waals surface area contributed by atoms with E-state index in [1.54, 1.807) is 67.8 Å². The SMILES string of the molecule is COc1ccc(CC(=O)OC(C(=O)Nc2ccccc2)c2ccccc2)cc1. The third-order valence-corrected chi connectivity index (χ3v) is 4.14. The second-order valence-corrected chi connectivity index (χ2v) is 6.16. The number of carbonyl (C=O) groups excluding carboxylic acids is 2. The van der Waals surface area contributed by atoms with Crippen LogP contribution in [0.3, 0.4) is 0 Å². The van der Waals surface area contributed by atoms with Gasteiger partial charge in [0.1, 0.15) is 5.75 Å². The van der Waals surface area contributed by atoms with Crippen LogP contribution in [0.15, 0.2) is 84.9 Å².